The Bertz CT molecular complexity index is 1050. The van der Waals surface area contributed by atoms with Crippen molar-refractivity contribution in [2.75, 3.05) is 17.3 Å². The maximum absolute atomic E-state index is 4.83. The molecule has 0 fully saturated rings. The van der Waals surface area contributed by atoms with E-state index >= 15 is 0 Å². The zero-order chi connectivity index (χ0) is 19.3. The number of nitrogens with one attached hydrogen (secondary N) is 2. The summed E-state index contributed by atoms with van der Waals surface area (Å²) in [5, 5.41) is 12.7. The van der Waals surface area contributed by atoms with Crippen molar-refractivity contribution in [3.05, 3.63) is 78.2 Å². The molecule has 7 heteroatoms. The van der Waals surface area contributed by atoms with E-state index in [0.29, 0.717) is 15.1 Å². The van der Waals surface area contributed by atoms with Crippen LogP contribution in [0.15, 0.2) is 67.1 Å². The van der Waals surface area contributed by atoms with Crippen molar-refractivity contribution < 1.29 is 0 Å². The molecule has 28 heavy (non-hydrogen) atoms. The zero-order valence-electron chi connectivity index (χ0n) is 15.9. The third-order valence-electron chi connectivity index (χ3n) is 4.60. The summed E-state index contributed by atoms with van der Waals surface area (Å²) < 4.78 is 1.88. The number of hydrogen-bond acceptors (Lipinski definition) is 5. The number of anilines is 2. The van der Waals surface area contributed by atoms with Crippen molar-refractivity contribution >= 4 is 31.2 Å². The van der Waals surface area contributed by atoms with Crippen molar-refractivity contribution in [1.29, 1.82) is 0 Å². The maximum atomic E-state index is 4.83. The van der Waals surface area contributed by atoms with Crippen molar-refractivity contribution in [2.45, 2.75) is 19.5 Å². The minimum Gasteiger partial charge on any atom is -0.366 e. The summed E-state index contributed by atoms with van der Waals surface area (Å²) >= 11 is 0. The Morgan fingerprint density at radius 2 is 1.96 bits per heavy atom. The zero-order valence-corrected chi connectivity index (χ0v) is 16.9. The van der Waals surface area contributed by atoms with E-state index < -0.39 is 0 Å². The molecule has 0 spiro atoms. The summed E-state index contributed by atoms with van der Waals surface area (Å²) in [5.41, 5.74) is 3.23. The SMILES string of the molecule is CPc1cnn2c(NCc3cccnc3)cc(NC(C)c3ccccc3)nc12. The first-order valence-corrected chi connectivity index (χ1v) is 10.8. The standard InChI is InChI=1S/C21H23N6P/c1-15(17-8-4-3-5-9-17)25-19-11-20(23-13-16-7-6-10-22-12-16)27-21(26-19)18(28-2)14-24-27/h3-12,14-15,23,28H,13H2,1-2H3,(H,25,26). The number of nitrogens with zero attached hydrogens (tertiary/aromatic N) is 4. The average molecular weight is 390 g/mol. The van der Waals surface area contributed by atoms with Gasteiger partial charge in [-0.3, -0.25) is 4.98 Å². The Balaban J connectivity index is 1.64. The number of pyridine rings is 1. The van der Waals surface area contributed by atoms with Crippen LogP contribution in [0, 0.1) is 0 Å². The Hall–Kier alpha value is -2.98. The van der Waals surface area contributed by atoms with Crippen LogP contribution < -0.4 is 15.9 Å². The molecule has 3 aromatic heterocycles. The van der Waals surface area contributed by atoms with E-state index in [0.717, 1.165) is 28.2 Å². The summed E-state index contributed by atoms with van der Waals surface area (Å²) in [5.74, 6) is 1.73. The molecule has 142 valence electrons. The first-order chi connectivity index (χ1) is 13.7. The third kappa shape index (κ3) is 3.97. The van der Waals surface area contributed by atoms with Crippen LogP contribution in [0.3, 0.4) is 0 Å². The van der Waals surface area contributed by atoms with Crippen LogP contribution in [0.25, 0.3) is 5.65 Å². The Morgan fingerprint density at radius 3 is 2.71 bits per heavy atom. The molecule has 2 unspecified atom stereocenters. The average Bonchev–Trinajstić information content (AvgIpc) is 3.16. The van der Waals surface area contributed by atoms with Gasteiger partial charge in [0.1, 0.15) is 11.6 Å². The first kappa shape index (κ1) is 18.4. The van der Waals surface area contributed by atoms with E-state index in [9.17, 15) is 0 Å². The van der Waals surface area contributed by atoms with Gasteiger partial charge in [0.25, 0.3) is 0 Å². The monoisotopic (exact) mass is 390 g/mol. The molecule has 0 bridgehead atoms. The van der Waals surface area contributed by atoms with Gasteiger partial charge in [-0.2, -0.15) is 9.61 Å². The fourth-order valence-corrected chi connectivity index (χ4v) is 3.65. The van der Waals surface area contributed by atoms with E-state index in [1.54, 1.807) is 6.20 Å². The highest BCUT2D eigenvalue weighted by Gasteiger charge is 2.13. The highest BCUT2D eigenvalue weighted by Crippen LogP contribution is 2.23. The Labute approximate surface area is 166 Å². The van der Waals surface area contributed by atoms with Crippen LogP contribution in [0.1, 0.15) is 24.1 Å². The second-order valence-electron chi connectivity index (χ2n) is 6.56. The topological polar surface area (TPSA) is 67.1 Å². The van der Waals surface area contributed by atoms with Crippen LogP contribution in [0.5, 0.6) is 0 Å². The molecule has 0 aliphatic rings. The quantitative estimate of drug-likeness (QED) is 0.469. The van der Waals surface area contributed by atoms with E-state index in [2.05, 4.69) is 64.6 Å². The van der Waals surface area contributed by atoms with Crippen LogP contribution in [-0.2, 0) is 6.54 Å². The van der Waals surface area contributed by atoms with Crippen LogP contribution >= 0.6 is 8.58 Å². The molecule has 4 aromatic rings. The lowest BCUT2D eigenvalue weighted by molar-refractivity contribution is 0.866. The smallest absolute Gasteiger partial charge is 0.167 e. The van der Waals surface area contributed by atoms with Gasteiger partial charge in [-0.1, -0.05) is 45.0 Å². The van der Waals surface area contributed by atoms with Crippen molar-refractivity contribution in [1.82, 2.24) is 19.6 Å². The molecule has 0 radical (unpaired) electrons. The number of aromatic nitrogens is 4. The summed E-state index contributed by atoms with van der Waals surface area (Å²) in [6, 6.07) is 16.5. The molecule has 0 amide bonds. The molecule has 0 saturated heterocycles. The highest BCUT2D eigenvalue weighted by atomic mass is 31.1. The van der Waals surface area contributed by atoms with Gasteiger partial charge in [0.2, 0.25) is 0 Å². The summed E-state index contributed by atoms with van der Waals surface area (Å²) in [6.45, 7) is 4.96. The molecule has 6 nitrogen and oxygen atoms in total. The lowest BCUT2D eigenvalue weighted by Gasteiger charge is -2.17. The lowest BCUT2D eigenvalue weighted by atomic mass is 10.1. The van der Waals surface area contributed by atoms with Crippen LogP contribution in [-0.4, -0.2) is 26.2 Å². The maximum Gasteiger partial charge on any atom is 0.167 e. The van der Waals surface area contributed by atoms with Gasteiger partial charge in [0.15, 0.2) is 5.65 Å². The molecule has 1 aromatic carbocycles. The van der Waals surface area contributed by atoms with Gasteiger partial charge < -0.3 is 10.6 Å². The molecule has 0 aliphatic carbocycles. The molecule has 4 rings (SSSR count). The molecule has 0 saturated carbocycles. The second-order valence-corrected chi connectivity index (χ2v) is 7.60. The van der Waals surface area contributed by atoms with Gasteiger partial charge in [0, 0.05) is 36.4 Å². The van der Waals surface area contributed by atoms with Gasteiger partial charge in [-0.05, 0) is 30.8 Å². The van der Waals surface area contributed by atoms with Crippen molar-refractivity contribution in [2.24, 2.45) is 0 Å². The van der Waals surface area contributed by atoms with Crippen LogP contribution in [0.2, 0.25) is 0 Å². The Morgan fingerprint density at radius 1 is 1.11 bits per heavy atom. The minimum atomic E-state index is 0.151. The fraction of sp³-hybridized carbons (Fsp3) is 0.190. The van der Waals surface area contributed by atoms with Gasteiger partial charge in [-0.15, -0.1) is 0 Å². The summed E-state index contributed by atoms with van der Waals surface area (Å²) in [7, 11) is 0.633. The highest BCUT2D eigenvalue weighted by molar-refractivity contribution is 7.46. The van der Waals surface area contributed by atoms with Gasteiger partial charge in [0.05, 0.1) is 6.20 Å². The van der Waals surface area contributed by atoms with Crippen LogP contribution in [0.4, 0.5) is 11.6 Å². The Kier molecular flexibility index (Phi) is 5.49. The van der Waals surface area contributed by atoms with E-state index in [1.807, 2.05) is 35.1 Å². The fourth-order valence-electron chi connectivity index (χ4n) is 3.08. The normalized spacial score (nSPS) is 12.5. The molecular weight excluding hydrogens is 367 g/mol. The van der Waals surface area contributed by atoms with E-state index in [-0.39, 0.29) is 6.04 Å². The number of benzene rings is 1. The molecule has 2 atom stereocenters. The molecule has 3 heterocycles. The van der Waals surface area contributed by atoms with Crippen molar-refractivity contribution in [3.8, 4) is 0 Å². The minimum absolute atomic E-state index is 0.151. The van der Waals surface area contributed by atoms with Gasteiger partial charge in [-0.25, -0.2) is 4.98 Å². The second kappa shape index (κ2) is 8.36. The summed E-state index contributed by atoms with van der Waals surface area (Å²) in [4.78, 5) is 9.01. The van der Waals surface area contributed by atoms with Crippen molar-refractivity contribution in [3.63, 3.8) is 0 Å². The molecular formula is C21H23N6P. The first-order valence-electron chi connectivity index (χ1n) is 9.25. The largest absolute Gasteiger partial charge is 0.366 e. The molecule has 2 N–H and O–H groups in total. The predicted molar refractivity (Wildman–Crippen MR) is 117 cm³/mol. The van der Waals surface area contributed by atoms with E-state index in [1.165, 1.54) is 5.56 Å². The number of fused-ring (bicyclic) bond motifs is 1. The summed E-state index contributed by atoms with van der Waals surface area (Å²) in [6.07, 6.45) is 5.55. The van der Waals surface area contributed by atoms with E-state index in [4.69, 9.17) is 4.98 Å². The third-order valence-corrected chi connectivity index (χ3v) is 5.49. The van der Waals surface area contributed by atoms with Gasteiger partial charge >= 0.3 is 0 Å². The predicted octanol–water partition coefficient (Wildman–Crippen LogP) is 3.84. The number of hydrogen-bond donors (Lipinski definition) is 2. The number of rotatable bonds is 7. The molecule has 0 aliphatic heterocycles. The lowest BCUT2D eigenvalue weighted by Crippen LogP contribution is -2.12.